The number of nitriles is 1. The largest absolute Gasteiger partial charge is 0.420 e. The number of carbonyl (C=O) groups is 5. The van der Waals surface area contributed by atoms with E-state index in [9.17, 15) is 47.5 Å². The summed E-state index contributed by atoms with van der Waals surface area (Å²) in [7, 11) is 0. The minimum absolute atomic E-state index is 0.0445. The van der Waals surface area contributed by atoms with Crippen LogP contribution in [-0.4, -0.2) is 115 Å². The molecule has 3 aliphatic heterocycles. The Kier molecular flexibility index (Phi) is 15.8. The number of nitrogens with one attached hydrogen (secondary N) is 3. The number of aliphatic hydroxyl groups excluding tert-OH is 1. The topological polar surface area (TPSA) is 204 Å². The fraction of sp³-hybridized carbons (Fsp3) is 0.389. The predicted molar refractivity (Wildman–Crippen MR) is 281 cm³/mol. The molecule has 5 amide bonds. The first-order valence-electron chi connectivity index (χ1n) is 24.5. The summed E-state index contributed by atoms with van der Waals surface area (Å²) in [5.74, 6) is -4.10. The van der Waals surface area contributed by atoms with Crippen molar-refractivity contribution in [3.8, 4) is 27.8 Å². The van der Waals surface area contributed by atoms with Crippen molar-refractivity contribution in [2.24, 2.45) is 5.41 Å². The number of β-amino-alcohol motifs (C(OH)–C–C–N with tert-alkyl or cyclic N) is 1. The summed E-state index contributed by atoms with van der Waals surface area (Å²) in [5.41, 5.74) is 0.786. The number of nitrogens with zero attached hydrogens (tertiary/aromatic N) is 7. The number of hydrogen-bond acceptors (Lipinski definition) is 12. The second kappa shape index (κ2) is 21.8. The van der Waals surface area contributed by atoms with Crippen LogP contribution in [0.25, 0.3) is 21.7 Å². The molecule has 4 atom stereocenters. The highest BCUT2D eigenvalue weighted by Gasteiger charge is 2.52. The number of carbonyl (C=O) groups excluding carboxylic acids is 5. The molecule has 16 nitrogen and oxygen atoms in total. The Bertz CT molecular complexity index is 3100. The van der Waals surface area contributed by atoms with Gasteiger partial charge in [0.15, 0.2) is 10.9 Å². The highest BCUT2D eigenvalue weighted by atomic mass is 32.1. The van der Waals surface area contributed by atoms with E-state index in [4.69, 9.17) is 12.2 Å². The van der Waals surface area contributed by atoms with E-state index in [0.717, 1.165) is 33.8 Å². The number of halogens is 4. The number of benzene rings is 3. The summed E-state index contributed by atoms with van der Waals surface area (Å²) in [6.45, 7) is 12.1. The van der Waals surface area contributed by atoms with Crippen molar-refractivity contribution in [3.63, 3.8) is 0 Å². The maximum Gasteiger partial charge on any atom is 0.420 e. The molecule has 0 bridgehead atoms. The van der Waals surface area contributed by atoms with Crippen LogP contribution in [0.2, 0.25) is 0 Å². The third-order valence-corrected chi connectivity index (χ3v) is 15.2. The quantitative estimate of drug-likeness (QED) is 0.0648. The van der Waals surface area contributed by atoms with E-state index < -0.39 is 75.7 Å². The molecule has 2 aromatic heterocycles. The van der Waals surface area contributed by atoms with E-state index in [1.165, 1.54) is 35.9 Å². The Labute approximate surface area is 446 Å². The normalized spacial score (nSPS) is 19.2. The van der Waals surface area contributed by atoms with Crippen LogP contribution in [0.3, 0.4) is 0 Å². The number of thiocarbonyl (C=S) groups is 1. The van der Waals surface area contributed by atoms with Crippen LogP contribution in [0.15, 0.2) is 84.5 Å². The lowest BCUT2D eigenvalue weighted by Gasteiger charge is -2.35. The fourth-order valence-corrected chi connectivity index (χ4v) is 11.1. The minimum Gasteiger partial charge on any atom is -0.391 e. The molecular formula is C54H56F4N10O6S2. The smallest absolute Gasteiger partial charge is 0.391 e. The van der Waals surface area contributed by atoms with Gasteiger partial charge in [0.2, 0.25) is 17.7 Å². The SMILES string of the molecule is Cc1ncsc1-c1ccc(CNC(=O)[C@@H]2C[C@@H](O)CN2C(=O)[C@@H](NC(=O)CCN2CCC(NC(=O)c3ccc(-c4ccc(N5C(=S)N(c6ccc(C#N)c(C(F)(F)F)c6F)C(=O)C5(C)C)cn4)cc3)C2)C(C)(C)C)cc1. The van der Waals surface area contributed by atoms with E-state index in [-0.39, 0.29) is 48.9 Å². The zero-order chi connectivity index (χ0) is 55.0. The molecular weight excluding hydrogens is 1020 g/mol. The number of aryl methyl sites for hydroxylation is 1. The maximum atomic E-state index is 15.5. The summed E-state index contributed by atoms with van der Waals surface area (Å²) < 4.78 is 56.9. The first kappa shape index (κ1) is 55.1. The van der Waals surface area contributed by atoms with Crippen LogP contribution in [-0.2, 0) is 31.9 Å². The van der Waals surface area contributed by atoms with Crippen LogP contribution in [0.5, 0.6) is 0 Å². The van der Waals surface area contributed by atoms with Gasteiger partial charge in [0.05, 0.1) is 57.1 Å². The van der Waals surface area contributed by atoms with Gasteiger partial charge in [0.1, 0.15) is 23.2 Å². The third-order valence-electron chi connectivity index (χ3n) is 13.9. The molecule has 5 aromatic rings. The van der Waals surface area contributed by atoms with Gasteiger partial charge in [-0.3, -0.25) is 33.9 Å². The predicted octanol–water partition coefficient (Wildman–Crippen LogP) is 7.13. The Hall–Kier alpha value is -7.19. The van der Waals surface area contributed by atoms with Crippen molar-refractivity contribution >= 4 is 69.6 Å². The van der Waals surface area contributed by atoms with E-state index in [2.05, 4.69) is 30.8 Å². The van der Waals surface area contributed by atoms with Gasteiger partial charge in [-0.15, -0.1) is 11.3 Å². The third kappa shape index (κ3) is 11.5. The number of pyridine rings is 1. The first-order chi connectivity index (χ1) is 35.9. The van der Waals surface area contributed by atoms with Crippen LogP contribution >= 0.6 is 23.6 Å². The highest BCUT2D eigenvalue weighted by molar-refractivity contribution is 7.81. The average Bonchev–Trinajstić information content (AvgIpc) is 4.21. The minimum atomic E-state index is -5.21. The molecule has 5 heterocycles. The van der Waals surface area contributed by atoms with Gasteiger partial charge >= 0.3 is 6.18 Å². The van der Waals surface area contributed by atoms with E-state index in [0.29, 0.717) is 53.5 Å². The standard InChI is InChI=1S/C54H56F4N10O6S2/c1-30-45(76-29-62-30)33-9-7-31(8-10-33)25-61-48(72)41-23-38(69)28-66(41)49(73)46(52(2,3)4)64-42(70)20-22-65-21-19-36(27-65)63-47(71)34-13-11-32(12-14-34)39-17-16-37(26-60-39)68-51(75)67(50(74)53(68,5)6)40-18-15-35(24-59)43(44(40)55)54(56,57)58/h7-18,26,29,36,38,41,46,69H,19-23,25,27-28H2,1-6H3,(H,61,72)(H,63,71)(H,64,70)/t36?,38-,41+,46-/m1/s1. The average molecular weight is 1080 g/mol. The van der Waals surface area contributed by atoms with Crippen LogP contribution in [0.4, 0.5) is 28.9 Å². The lowest BCUT2D eigenvalue weighted by Crippen LogP contribution is -2.57. The molecule has 4 N–H and O–H groups in total. The lowest BCUT2D eigenvalue weighted by molar-refractivity contribution is -0.144. The number of hydrogen-bond donors (Lipinski definition) is 4. The maximum absolute atomic E-state index is 15.5. The molecule has 0 aliphatic carbocycles. The Balaban J connectivity index is 0.816. The molecule has 0 spiro atoms. The van der Waals surface area contributed by atoms with Gasteiger partial charge in [0, 0.05) is 62.7 Å². The Morgan fingerprint density at radius 2 is 1.67 bits per heavy atom. The van der Waals surface area contributed by atoms with Crippen molar-refractivity contribution in [1.82, 2.24) is 35.7 Å². The molecule has 3 aromatic carbocycles. The molecule has 3 saturated heterocycles. The molecule has 0 saturated carbocycles. The molecule has 3 aliphatic rings. The molecule has 76 heavy (non-hydrogen) atoms. The van der Waals surface area contributed by atoms with Gasteiger partial charge in [-0.1, -0.05) is 57.2 Å². The van der Waals surface area contributed by atoms with Crippen molar-refractivity contribution in [2.75, 3.05) is 36.0 Å². The van der Waals surface area contributed by atoms with Crippen molar-refractivity contribution in [1.29, 1.82) is 5.26 Å². The summed E-state index contributed by atoms with van der Waals surface area (Å²) in [4.78, 5) is 83.6. The Morgan fingerprint density at radius 1 is 0.974 bits per heavy atom. The van der Waals surface area contributed by atoms with Crippen molar-refractivity contribution in [3.05, 3.63) is 118 Å². The number of aliphatic hydroxyl groups is 1. The highest BCUT2D eigenvalue weighted by Crippen LogP contribution is 2.42. The number of aromatic nitrogens is 2. The van der Waals surface area contributed by atoms with Crippen molar-refractivity contribution in [2.45, 2.75) is 103 Å². The summed E-state index contributed by atoms with van der Waals surface area (Å²) >= 11 is 7.10. The van der Waals surface area contributed by atoms with E-state index in [1.807, 2.05) is 52.0 Å². The zero-order valence-corrected chi connectivity index (χ0v) is 44.1. The number of alkyl halides is 3. The van der Waals surface area contributed by atoms with Crippen LogP contribution in [0.1, 0.15) is 86.6 Å². The molecule has 3 fully saturated rings. The van der Waals surface area contributed by atoms with Gasteiger partial charge < -0.3 is 35.8 Å². The number of rotatable bonds is 14. The number of thiazole rings is 1. The summed E-state index contributed by atoms with van der Waals surface area (Å²) in [6.07, 6.45) is -3.92. The first-order valence-corrected chi connectivity index (χ1v) is 25.8. The second-order valence-corrected chi connectivity index (χ2v) is 21.9. The Morgan fingerprint density at radius 3 is 2.29 bits per heavy atom. The fourth-order valence-electron chi connectivity index (χ4n) is 9.73. The molecule has 1 unspecified atom stereocenters. The molecule has 8 rings (SSSR count). The van der Waals surface area contributed by atoms with E-state index >= 15 is 4.39 Å². The van der Waals surface area contributed by atoms with E-state index in [1.54, 1.807) is 53.2 Å². The van der Waals surface area contributed by atoms with Gasteiger partial charge in [0.25, 0.3) is 11.8 Å². The molecule has 0 radical (unpaired) electrons. The van der Waals surface area contributed by atoms with Crippen molar-refractivity contribution < 1.29 is 46.6 Å². The van der Waals surface area contributed by atoms with Crippen LogP contribution in [0, 0.1) is 29.5 Å². The van der Waals surface area contributed by atoms with Gasteiger partial charge in [-0.25, -0.2) is 9.37 Å². The summed E-state index contributed by atoms with van der Waals surface area (Å²) in [5, 5.41) is 28.5. The zero-order valence-electron chi connectivity index (χ0n) is 42.5. The van der Waals surface area contributed by atoms with Crippen LogP contribution < -0.4 is 25.8 Å². The number of anilines is 2. The number of likely N-dealkylation sites (tertiary alicyclic amines) is 2. The lowest BCUT2D eigenvalue weighted by atomic mass is 9.85. The van der Waals surface area contributed by atoms with Gasteiger partial charge in [-0.05, 0) is 92.4 Å². The monoisotopic (exact) mass is 1080 g/mol. The molecule has 22 heteroatoms. The molecule has 398 valence electrons. The second-order valence-electron chi connectivity index (χ2n) is 20.7. The van der Waals surface area contributed by atoms with Gasteiger partial charge in [-0.2, -0.15) is 18.4 Å². The summed E-state index contributed by atoms with van der Waals surface area (Å²) in [6, 6.07) is 18.7. The number of amides is 5.